The molecule has 0 saturated carbocycles. The molecule has 142 valence electrons. The van der Waals surface area contributed by atoms with Gasteiger partial charge >= 0.3 is 0 Å². The number of fused-ring (bicyclic) bond motifs is 1. The van der Waals surface area contributed by atoms with Crippen LogP contribution in [0.1, 0.15) is 33.9 Å². The summed E-state index contributed by atoms with van der Waals surface area (Å²) in [5.41, 5.74) is 2.34. The average molecular weight is 385 g/mol. The summed E-state index contributed by atoms with van der Waals surface area (Å²) >= 11 is 1.67. The second kappa shape index (κ2) is 9.06. The molecule has 2 amide bonds. The summed E-state index contributed by atoms with van der Waals surface area (Å²) in [6, 6.07) is 15.7. The lowest BCUT2D eigenvalue weighted by Crippen LogP contribution is -2.46. The fourth-order valence-corrected chi connectivity index (χ4v) is 3.86. The minimum absolute atomic E-state index is 0.123. The highest BCUT2D eigenvalue weighted by atomic mass is 32.2. The van der Waals surface area contributed by atoms with Gasteiger partial charge in [-0.1, -0.05) is 48.5 Å². The first kappa shape index (κ1) is 19.5. The Morgan fingerprint density at radius 1 is 1.19 bits per heavy atom. The lowest BCUT2D eigenvalue weighted by atomic mass is 10.0. The van der Waals surface area contributed by atoms with E-state index in [1.807, 2.05) is 54.8 Å². The molecule has 5 nitrogen and oxygen atoms in total. The normalized spacial score (nSPS) is 15.3. The summed E-state index contributed by atoms with van der Waals surface area (Å²) in [5, 5.41) is 12.5. The Morgan fingerprint density at radius 2 is 1.89 bits per heavy atom. The van der Waals surface area contributed by atoms with Crippen LogP contribution in [0.2, 0.25) is 0 Å². The fraction of sp³-hybridized carbons (Fsp3) is 0.333. The predicted octanol–water partition coefficient (Wildman–Crippen LogP) is 2.61. The maximum Gasteiger partial charge on any atom is 0.255 e. The summed E-state index contributed by atoms with van der Waals surface area (Å²) in [6.45, 7) is 0.276. The van der Waals surface area contributed by atoms with Gasteiger partial charge in [0.05, 0.1) is 12.6 Å². The molecular formula is C21H24N2O3S. The topological polar surface area (TPSA) is 69.6 Å². The van der Waals surface area contributed by atoms with Crippen molar-refractivity contribution in [3.63, 3.8) is 0 Å². The van der Waals surface area contributed by atoms with Crippen LogP contribution in [0.25, 0.3) is 0 Å². The van der Waals surface area contributed by atoms with E-state index in [2.05, 4.69) is 5.32 Å². The number of carbonyl (C=O) groups is 2. The standard InChI is InChI=1S/C21H24N2O3S/c1-27-12-11-17(14-24)22-20(25)19(15-7-3-2-4-8-15)23-13-16-9-5-6-10-18(16)21(23)26/h2-10,17,19,24H,11-14H2,1H3,(H,22,25)/t17-,19+/m1/s1. The van der Waals surface area contributed by atoms with Gasteiger partial charge < -0.3 is 15.3 Å². The van der Waals surface area contributed by atoms with E-state index in [1.54, 1.807) is 22.7 Å². The number of benzene rings is 2. The number of aliphatic hydroxyl groups excluding tert-OH is 1. The van der Waals surface area contributed by atoms with E-state index in [9.17, 15) is 14.7 Å². The Bertz CT molecular complexity index is 797. The van der Waals surface area contributed by atoms with Crippen LogP contribution < -0.4 is 5.32 Å². The molecule has 0 aromatic heterocycles. The summed E-state index contributed by atoms with van der Waals surface area (Å²) in [4.78, 5) is 27.7. The first-order valence-corrected chi connectivity index (χ1v) is 10.4. The predicted molar refractivity (Wildman–Crippen MR) is 108 cm³/mol. The largest absolute Gasteiger partial charge is 0.394 e. The van der Waals surface area contributed by atoms with Gasteiger partial charge in [0.25, 0.3) is 5.91 Å². The molecule has 0 aliphatic carbocycles. The zero-order chi connectivity index (χ0) is 19.2. The summed E-state index contributed by atoms with van der Waals surface area (Å²) in [7, 11) is 0. The van der Waals surface area contributed by atoms with E-state index in [-0.39, 0.29) is 24.5 Å². The first-order chi connectivity index (χ1) is 13.2. The molecule has 0 saturated heterocycles. The molecule has 2 aromatic carbocycles. The van der Waals surface area contributed by atoms with Crippen molar-refractivity contribution in [2.75, 3.05) is 18.6 Å². The van der Waals surface area contributed by atoms with Crippen LogP contribution >= 0.6 is 11.8 Å². The molecule has 27 heavy (non-hydrogen) atoms. The smallest absolute Gasteiger partial charge is 0.255 e. The molecule has 2 atom stereocenters. The van der Waals surface area contributed by atoms with E-state index in [4.69, 9.17) is 0 Å². The van der Waals surface area contributed by atoms with E-state index in [1.165, 1.54) is 0 Å². The van der Waals surface area contributed by atoms with Crippen molar-refractivity contribution >= 4 is 23.6 Å². The van der Waals surface area contributed by atoms with Gasteiger partial charge in [-0.25, -0.2) is 0 Å². The van der Waals surface area contributed by atoms with Crippen LogP contribution in [-0.2, 0) is 11.3 Å². The number of thioether (sulfide) groups is 1. The quantitative estimate of drug-likeness (QED) is 0.734. The van der Waals surface area contributed by atoms with Crippen LogP contribution in [0.3, 0.4) is 0 Å². The Balaban J connectivity index is 1.87. The molecule has 2 N–H and O–H groups in total. The highest BCUT2D eigenvalue weighted by Crippen LogP contribution is 2.31. The van der Waals surface area contributed by atoms with Gasteiger partial charge in [-0.15, -0.1) is 0 Å². The number of carbonyl (C=O) groups excluding carboxylic acids is 2. The lowest BCUT2D eigenvalue weighted by molar-refractivity contribution is -0.127. The van der Waals surface area contributed by atoms with E-state index < -0.39 is 6.04 Å². The van der Waals surface area contributed by atoms with Gasteiger partial charge in [0.2, 0.25) is 5.91 Å². The van der Waals surface area contributed by atoms with E-state index >= 15 is 0 Å². The van der Waals surface area contributed by atoms with Crippen molar-refractivity contribution in [3.8, 4) is 0 Å². The maximum atomic E-state index is 13.1. The number of rotatable bonds is 8. The van der Waals surface area contributed by atoms with Crippen molar-refractivity contribution in [2.24, 2.45) is 0 Å². The molecule has 1 aliphatic heterocycles. The number of hydrogen-bond acceptors (Lipinski definition) is 4. The van der Waals surface area contributed by atoms with Crippen molar-refractivity contribution < 1.29 is 14.7 Å². The number of hydrogen-bond donors (Lipinski definition) is 2. The van der Waals surface area contributed by atoms with Crippen LogP contribution in [0, 0.1) is 0 Å². The van der Waals surface area contributed by atoms with Gasteiger partial charge in [-0.05, 0) is 35.6 Å². The third-order valence-electron chi connectivity index (χ3n) is 4.76. The second-order valence-electron chi connectivity index (χ2n) is 6.57. The van der Waals surface area contributed by atoms with Crippen LogP contribution in [-0.4, -0.2) is 46.5 Å². The molecule has 0 bridgehead atoms. The van der Waals surface area contributed by atoms with Crippen molar-refractivity contribution in [3.05, 3.63) is 71.3 Å². The molecule has 2 aromatic rings. The SMILES string of the molecule is CSCC[C@H](CO)NC(=O)[C@H](c1ccccc1)N1Cc2ccccc2C1=O. The summed E-state index contributed by atoms with van der Waals surface area (Å²) in [6.07, 6.45) is 2.67. The number of nitrogens with zero attached hydrogens (tertiary/aromatic N) is 1. The highest BCUT2D eigenvalue weighted by Gasteiger charge is 2.37. The van der Waals surface area contributed by atoms with Gasteiger partial charge in [0, 0.05) is 12.1 Å². The maximum absolute atomic E-state index is 13.1. The third kappa shape index (κ3) is 4.34. The van der Waals surface area contributed by atoms with Crippen molar-refractivity contribution in [1.82, 2.24) is 10.2 Å². The summed E-state index contributed by atoms with van der Waals surface area (Å²) in [5.74, 6) is 0.442. The Labute approximate surface area is 163 Å². The molecule has 0 radical (unpaired) electrons. The second-order valence-corrected chi connectivity index (χ2v) is 7.56. The van der Waals surface area contributed by atoms with Gasteiger partial charge in [-0.3, -0.25) is 9.59 Å². The molecule has 0 unspecified atom stereocenters. The van der Waals surface area contributed by atoms with Crippen LogP contribution in [0.15, 0.2) is 54.6 Å². The number of nitrogens with one attached hydrogen (secondary N) is 1. The lowest BCUT2D eigenvalue weighted by Gasteiger charge is -2.29. The molecule has 3 rings (SSSR count). The van der Waals surface area contributed by atoms with Crippen molar-refractivity contribution in [1.29, 1.82) is 0 Å². The third-order valence-corrected chi connectivity index (χ3v) is 5.41. The Morgan fingerprint density at radius 3 is 2.56 bits per heavy atom. The average Bonchev–Trinajstić information content (AvgIpc) is 3.03. The monoisotopic (exact) mass is 384 g/mol. The number of aliphatic hydroxyl groups is 1. The zero-order valence-electron chi connectivity index (χ0n) is 15.3. The minimum Gasteiger partial charge on any atom is -0.394 e. The Hall–Kier alpha value is -2.31. The Kier molecular flexibility index (Phi) is 6.53. The van der Waals surface area contributed by atoms with Crippen molar-refractivity contribution in [2.45, 2.75) is 25.0 Å². The molecule has 6 heteroatoms. The number of amides is 2. The van der Waals surface area contributed by atoms with Crippen LogP contribution in [0.4, 0.5) is 0 Å². The zero-order valence-corrected chi connectivity index (χ0v) is 16.1. The highest BCUT2D eigenvalue weighted by molar-refractivity contribution is 7.98. The molecule has 0 spiro atoms. The fourth-order valence-electron chi connectivity index (χ4n) is 3.34. The van der Waals surface area contributed by atoms with E-state index in [0.29, 0.717) is 18.5 Å². The van der Waals surface area contributed by atoms with Gasteiger partial charge in [-0.2, -0.15) is 11.8 Å². The van der Waals surface area contributed by atoms with Gasteiger partial charge in [0.15, 0.2) is 0 Å². The molecule has 1 aliphatic rings. The minimum atomic E-state index is -0.727. The van der Waals surface area contributed by atoms with E-state index in [0.717, 1.165) is 16.9 Å². The van der Waals surface area contributed by atoms with Crippen LogP contribution in [0.5, 0.6) is 0 Å². The summed E-state index contributed by atoms with van der Waals surface area (Å²) < 4.78 is 0. The first-order valence-electron chi connectivity index (χ1n) is 8.99. The molecular weight excluding hydrogens is 360 g/mol. The molecule has 1 heterocycles. The van der Waals surface area contributed by atoms with Gasteiger partial charge in [0.1, 0.15) is 6.04 Å². The molecule has 0 fully saturated rings.